The number of fused-ring (bicyclic) bond motifs is 4. The molecule has 0 spiro atoms. The fourth-order valence-electron chi connectivity index (χ4n) is 8.47. The average molecular weight is 1050 g/mol. The van der Waals surface area contributed by atoms with Crippen LogP contribution in [0.5, 0.6) is 11.5 Å². The van der Waals surface area contributed by atoms with Crippen molar-refractivity contribution in [2.75, 3.05) is 9.80 Å². The number of hydrogen-bond acceptors (Lipinski definition) is 4. The molecule has 0 saturated carbocycles. The van der Waals surface area contributed by atoms with Crippen molar-refractivity contribution in [3.8, 4) is 39.6 Å². The largest absolute Gasteiger partial charge is 0.509 e. The Kier molecular flexibility index (Phi) is 9.03. The monoisotopic (exact) mass is 1050 g/mol. The van der Waals surface area contributed by atoms with Gasteiger partial charge in [-0.1, -0.05) is 171 Å². The summed E-state index contributed by atoms with van der Waals surface area (Å²) < 4.78 is 87.6. The summed E-state index contributed by atoms with van der Waals surface area (Å²) >= 11 is 0. The van der Waals surface area contributed by atoms with Gasteiger partial charge in [-0.25, -0.2) is 4.98 Å². The van der Waals surface area contributed by atoms with E-state index in [4.69, 9.17) is 22.1 Å². The Balaban J connectivity index is 0.00000689. The molecule has 0 amide bonds. The van der Waals surface area contributed by atoms with Gasteiger partial charge in [0.1, 0.15) is 5.82 Å². The first-order valence-corrected chi connectivity index (χ1v) is 21.9. The van der Waals surface area contributed by atoms with Gasteiger partial charge in [0.05, 0.1) is 12.3 Å². The van der Waals surface area contributed by atoms with Crippen LogP contribution in [0.4, 0.5) is 22.7 Å². The summed E-state index contributed by atoms with van der Waals surface area (Å²) in [4.78, 5) is 8.70. The van der Waals surface area contributed by atoms with Crippen LogP contribution in [0, 0.1) is 18.8 Å². The molecule has 334 valence electrons. The van der Waals surface area contributed by atoms with Crippen LogP contribution in [0.25, 0.3) is 49.9 Å². The van der Waals surface area contributed by atoms with Crippen LogP contribution in [0.1, 0.15) is 91.3 Å². The smallest absolute Gasteiger partial charge is 0.135 e. The number of pyridine rings is 1. The van der Waals surface area contributed by atoms with Crippen LogP contribution in [-0.4, -0.2) is 9.55 Å². The normalized spacial score (nSPS) is 14.9. The molecule has 0 atom stereocenters. The number of benzene rings is 7. The molecule has 0 radical (unpaired) electrons. The van der Waals surface area contributed by atoms with E-state index in [0.717, 1.165) is 44.4 Å². The zero-order chi connectivity index (χ0) is 53.1. The zero-order valence-corrected chi connectivity index (χ0v) is 40.8. The molecule has 0 N–H and O–H groups in total. The number of para-hydroxylation sites is 3. The quantitative estimate of drug-likeness (QED) is 0.149. The van der Waals surface area contributed by atoms with Gasteiger partial charge in [-0.2, -0.15) is 6.07 Å². The Labute approximate surface area is 417 Å². The van der Waals surface area contributed by atoms with Gasteiger partial charge in [0, 0.05) is 72.5 Å². The topological polar surface area (TPSA) is 33.5 Å². The van der Waals surface area contributed by atoms with E-state index in [9.17, 15) is 0 Å². The van der Waals surface area contributed by atoms with Gasteiger partial charge in [-0.3, -0.25) is 0 Å². The Morgan fingerprint density at radius 1 is 0.561 bits per heavy atom. The summed E-state index contributed by atoms with van der Waals surface area (Å²) in [5, 5.41) is 2.09. The summed E-state index contributed by atoms with van der Waals surface area (Å²) in [5.74, 6) is 1.67. The molecule has 6 heteroatoms. The van der Waals surface area contributed by atoms with Crippen molar-refractivity contribution in [1.82, 2.24) is 9.55 Å². The second kappa shape index (κ2) is 17.1. The van der Waals surface area contributed by atoms with E-state index in [2.05, 4.69) is 115 Å². The Bertz CT molecular complexity index is 3750. The maximum absolute atomic E-state index is 9.10. The van der Waals surface area contributed by atoms with Gasteiger partial charge in [0.15, 0.2) is 0 Å². The van der Waals surface area contributed by atoms with Gasteiger partial charge in [-0.15, -0.1) is 53.6 Å². The van der Waals surface area contributed by atoms with E-state index in [-0.39, 0.29) is 66.1 Å². The number of anilines is 4. The number of nitrogens with zero attached hydrogens (tertiary/aromatic N) is 4. The van der Waals surface area contributed by atoms with Crippen molar-refractivity contribution < 1.29 is 38.1 Å². The Morgan fingerprint density at radius 2 is 1.21 bits per heavy atom. The number of ether oxygens (including phenoxy) is 1. The number of hydrogen-bond donors (Lipinski definition) is 0. The first kappa shape index (κ1) is 34.9. The molecule has 9 aromatic rings. The maximum Gasteiger partial charge on any atom is 0.135 e. The molecule has 0 fully saturated rings. The van der Waals surface area contributed by atoms with Crippen molar-refractivity contribution in [2.45, 2.75) is 78.6 Å². The van der Waals surface area contributed by atoms with E-state index in [1.54, 1.807) is 18.2 Å². The molecule has 66 heavy (non-hydrogen) atoms. The standard InChI is InChI=1S/C60H55N4O.Pt/c1-58(2,3)42-27-30-52-51(35-42)50-29-28-46(38-55(50)64(52)56-36-43(31-32-61-56)59(4,5)6)65-47-34-44(60(7,8)9)33-45(37-47)62-39-63(54-26-17-16-25-53(54)62)57-48(40-19-12-10-13-20-40)23-18-24-49(57)41-21-14-11-15-22-41;/h10-36,39H,1-9H3;/q-3;/i10D,11D,12D,13D,14D,15D,19D,20D,21D;. The number of aromatic nitrogens is 2. The minimum Gasteiger partial charge on any atom is -0.509 e. The molecular weight excluding hydrogens is 988 g/mol. The van der Waals surface area contributed by atoms with Gasteiger partial charge in [0.2, 0.25) is 0 Å². The molecule has 2 aromatic heterocycles. The van der Waals surface area contributed by atoms with Crippen molar-refractivity contribution in [2.24, 2.45) is 0 Å². The fourth-order valence-corrected chi connectivity index (χ4v) is 8.47. The molecule has 0 bridgehead atoms. The molecule has 1 aliphatic rings. The van der Waals surface area contributed by atoms with Crippen LogP contribution < -0.4 is 14.5 Å². The zero-order valence-electron chi connectivity index (χ0n) is 47.5. The average Bonchev–Trinajstić information content (AvgIpc) is 3.90. The molecule has 10 rings (SSSR count). The first-order valence-electron chi connectivity index (χ1n) is 26.4. The molecule has 0 aliphatic carbocycles. The van der Waals surface area contributed by atoms with E-state index in [1.807, 2.05) is 65.1 Å². The molecule has 0 unspecified atom stereocenters. The summed E-state index contributed by atoms with van der Waals surface area (Å²) in [6.07, 6.45) is 1.86. The van der Waals surface area contributed by atoms with Crippen LogP contribution in [-0.2, 0) is 37.3 Å². The fraction of sp³-hybridized carbons (Fsp3) is 0.200. The van der Waals surface area contributed by atoms with Crippen LogP contribution in [0.15, 0.2) is 164 Å². The van der Waals surface area contributed by atoms with Crippen LogP contribution in [0.2, 0.25) is 0 Å². The van der Waals surface area contributed by atoms with Gasteiger partial charge in [0.25, 0.3) is 0 Å². The van der Waals surface area contributed by atoms with Crippen LogP contribution in [0.3, 0.4) is 0 Å². The minimum absolute atomic E-state index is 0. The summed E-state index contributed by atoms with van der Waals surface area (Å²) in [6.45, 7) is 21.4. The van der Waals surface area contributed by atoms with Crippen molar-refractivity contribution >= 4 is 44.6 Å². The third-order valence-electron chi connectivity index (χ3n) is 12.0. The third kappa shape index (κ3) is 8.35. The van der Waals surface area contributed by atoms with Gasteiger partial charge in [-0.05, 0) is 74.2 Å². The molecular formula is C60H55N4OPt-3. The van der Waals surface area contributed by atoms with Crippen molar-refractivity contribution in [3.05, 3.63) is 199 Å². The summed E-state index contributed by atoms with van der Waals surface area (Å²) in [5.41, 5.74) is 7.59. The SMILES string of the molecule is [2H]c1cc(-c2cccc(-c3c([2H])c([2H])c([2H])c([2H])c3[2H])c2N2[CH-]N(c3[c-]c(Oc4[c-]c5c(cc4)c4cc(C(C)(C)C)ccc4n5-c4cc(C(C)(C)C)ccn4)cc(C(C)(C)C)c3)c3ccccc32)c([2H])c([2H])c1[2H].[Pt]. The number of rotatable bonds is 7. The minimum atomic E-state index is -0.535. The second-order valence-electron chi connectivity index (χ2n) is 19.6. The summed E-state index contributed by atoms with van der Waals surface area (Å²) in [6, 6.07) is 36.4. The Morgan fingerprint density at radius 3 is 1.92 bits per heavy atom. The van der Waals surface area contributed by atoms with E-state index < -0.39 is 42.3 Å². The van der Waals surface area contributed by atoms with E-state index >= 15 is 0 Å². The van der Waals surface area contributed by atoms with Crippen molar-refractivity contribution in [1.29, 1.82) is 0 Å². The predicted octanol–water partition coefficient (Wildman–Crippen LogP) is 16.2. The summed E-state index contributed by atoms with van der Waals surface area (Å²) in [7, 11) is 0. The molecule has 3 heterocycles. The van der Waals surface area contributed by atoms with Gasteiger partial charge < -0.3 is 19.1 Å². The molecule has 7 aromatic carbocycles. The molecule has 1 aliphatic heterocycles. The maximum atomic E-state index is 9.10. The van der Waals surface area contributed by atoms with E-state index in [1.165, 1.54) is 11.6 Å². The van der Waals surface area contributed by atoms with Gasteiger partial charge >= 0.3 is 0 Å². The molecule has 0 saturated heterocycles. The van der Waals surface area contributed by atoms with Crippen LogP contribution >= 0.6 is 0 Å². The second-order valence-corrected chi connectivity index (χ2v) is 19.6. The first-order chi connectivity index (χ1) is 34.8. The third-order valence-corrected chi connectivity index (χ3v) is 12.0. The Hall–Kier alpha value is -6.42. The predicted molar refractivity (Wildman–Crippen MR) is 271 cm³/mol. The van der Waals surface area contributed by atoms with Crippen molar-refractivity contribution in [3.63, 3.8) is 0 Å². The van der Waals surface area contributed by atoms with E-state index in [0.29, 0.717) is 34.1 Å². The molecule has 5 nitrogen and oxygen atoms in total.